The predicted molar refractivity (Wildman–Crippen MR) is 71.6 cm³/mol. The van der Waals surface area contributed by atoms with Gasteiger partial charge in [0.15, 0.2) is 0 Å². The Morgan fingerprint density at radius 1 is 1.25 bits per heavy atom. The smallest absolute Gasteiger partial charge is 0.251 e. The summed E-state index contributed by atoms with van der Waals surface area (Å²) in [5, 5.41) is 1.67. The molecule has 106 valence electrons. The van der Waals surface area contributed by atoms with E-state index < -0.39 is 0 Å². The van der Waals surface area contributed by atoms with Crippen LogP contribution in [0.5, 0.6) is 0 Å². The Hall–Kier alpha value is -2.08. The molecule has 1 unspecified atom stereocenters. The van der Waals surface area contributed by atoms with Crippen LogP contribution in [0.15, 0.2) is 36.7 Å². The van der Waals surface area contributed by atoms with Crippen molar-refractivity contribution in [3.63, 3.8) is 0 Å². The molecule has 0 aromatic heterocycles. The Morgan fingerprint density at radius 2 is 2.05 bits per heavy atom. The molecule has 1 amide bonds. The first-order valence-corrected chi connectivity index (χ1v) is 6.69. The van der Waals surface area contributed by atoms with Crippen molar-refractivity contribution >= 4 is 11.6 Å². The molecule has 1 atom stereocenters. The number of hydrogen-bond donors (Lipinski definition) is 1. The topological polar surface area (TPSA) is 44.8 Å². The van der Waals surface area contributed by atoms with Crippen molar-refractivity contribution in [2.45, 2.75) is 25.3 Å². The Morgan fingerprint density at radius 3 is 2.75 bits per heavy atom. The second kappa shape index (κ2) is 5.50. The van der Waals surface area contributed by atoms with Gasteiger partial charge in [-0.15, -0.1) is 0 Å². The van der Waals surface area contributed by atoms with Crippen LogP contribution < -0.4 is 10.5 Å². The fourth-order valence-electron chi connectivity index (χ4n) is 2.54. The molecule has 3 rings (SSSR count). The number of hydrazine groups is 1. The highest BCUT2D eigenvalue weighted by atomic mass is 19.1. The Bertz CT molecular complexity index is 518. The van der Waals surface area contributed by atoms with Crippen LogP contribution in [0.25, 0.3) is 0 Å². The fourth-order valence-corrected chi connectivity index (χ4v) is 2.54. The van der Waals surface area contributed by atoms with E-state index in [1.807, 2.05) is 0 Å². The number of nitrogens with zero attached hydrogens (tertiary/aromatic N) is 2. The van der Waals surface area contributed by atoms with Gasteiger partial charge in [-0.1, -0.05) is 5.59 Å². The van der Waals surface area contributed by atoms with Gasteiger partial charge in [0.2, 0.25) is 0 Å². The second-order valence-electron chi connectivity index (χ2n) is 4.88. The quantitative estimate of drug-likeness (QED) is 0.897. The summed E-state index contributed by atoms with van der Waals surface area (Å²) in [7, 11) is 0. The monoisotopic (exact) mass is 277 g/mol. The third-order valence-corrected chi connectivity index (χ3v) is 3.58. The summed E-state index contributed by atoms with van der Waals surface area (Å²) < 4.78 is 13.0. The Labute approximate surface area is 116 Å². The van der Waals surface area contributed by atoms with E-state index in [1.54, 1.807) is 28.2 Å². The van der Waals surface area contributed by atoms with Crippen LogP contribution in [0.2, 0.25) is 0 Å². The van der Waals surface area contributed by atoms with Crippen LogP contribution in [0.3, 0.4) is 0 Å². The molecule has 2 aliphatic rings. The molecule has 0 radical (unpaired) electrons. The fraction of sp³-hybridized carbons (Fsp3) is 0.357. The predicted octanol–water partition coefficient (Wildman–Crippen LogP) is 1.93. The number of nitrogens with one attached hydrogen (secondary N) is 1. The van der Waals surface area contributed by atoms with Crippen LogP contribution in [0, 0.1) is 5.82 Å². The van der Waals surface area contributed by atoms with Crippen molar-refractivity contribution in [1.82, 2.24) is 10.6 Å². The van der Waals surface area contributed by atoms with Gasteiger partial charge in [-0.2, -0.15) is 0 Å². The highest BCUT2D eigenvalue weighted by molar-refractivity contribution is 5.97. The van der Waals surface area contributed by atoms with Gasteiger partial charge in [-0.3, -0.25) is 9.80 Å². The molecule has 1 aromatic rings. The molecule has 2 heterocycles. The van der Waals surface area contributed by atoms with E-state index in [-0.39, 0.29) is 17.8 Å². The van der Waals surface area contributed by atoms with Gasteiger partial charge in [-0.25, -0.2) is 4.39 Å². The zero-order valence-corrected chi connectivity index (χ0v) is 11.0. The zero-order valence-electron chi connectivity index (χ0n) is 11.0. The summed E-state index contributed by atoms with van der Waals surface area (Å²) in [6.45, 7) is 0.652. The normalized spacial score (nSPS) is 22.9. The molecule has 1 N–H and O–H groups in total. The molecule has 1 aromatic carbocycles. The van der Waals surface area contributed by atoms with Crippen LogP contribution in [0.1, 0.15) is 19.3 Å². The summed E-state index contributed by atoms with van der Waals surface area (Å²) in [5.74, 6) is -0.304. The molecule has 1 fully saturated rings. The van der Waals surface area contributed by atoms with Crippen LogP contribution in [-0.4, -0.2) is 23.5 Å². The standard InChI is InChI=1S/C14H16FN3O2/c15-11-4-6-12(7-5-11)17-8-2-1-3-13(14(17)19)18-9-10-20-16-18/h4-7,9-10,13,16H,1-3,8H2. The minimum Gasteiger partial charge on any atom is -0.395 e. The van der Waals surface area contributed by atoms with Crippen molar-refractivity contribution in [3.05, 3.63) is 42.5 Å². The Balaban J connectivity index is 1.84. The van der Waals surface area contributed by atoms with Crippen LogP contribution >= 0.6 is 0 Å². The number of carbonyl (C=O) groups excluding carboxylic acids is 1. The van der Waals surface area contributed by atoms with Gasteiger partial charge < -0.3 is 9.74 Å². The van der Waals surface area contributed by atoms with Crippen LogP contribution in [0.4, 0.5) is 10.1 Å². The average Bonchev–Trinajstić information content (AvgIpc) is 2.91. The van der Waals surface area contributed by atoms with E-state index in [9.17, 15) is 9.18 Å². The third kappa shape index (κ3) is 2.46. The summed E-state index contributed by atoms with van der Waals surface area (Å²) in [6, 6.07) is 5.72. The SMILES string of the molecule is O=C1C(N2C=CON2)CCCCN1c1ccc(F)cc1. The summed E-state index contributed by atoms with van der Waals surface area (Å²) in [6.07, 6.45) is 5.85. The lowest BCUT2D eigenvalue weighted by atomic mass is 10.1. The molecule has 5 nitrogen and oxygen atoms in total. The van der Waals surface area contributed by atoms with Gasteiger partial charge in [0.25, 0.3) is 5.91 Å². The van der Waals surface area contributed by atoms with E-state index in [0.717, 1.165) is 24.9 Å². The first kappa shape index (κ1) is 12.9. The lowest BCUT2D eigenvalue weighted by Gasteiger charge is -2.28. The molecule has 2 aliphatic heterocycles. The van der Waals surface area contributed by atoms with E-state index >= 15 is 0 Å². The number of carbonyl (C=O) groups is 1. The first-order valence-electron chi connectivity index (χ1n) is 6.69. The van der Waals surface area contributed by atoms with Crippen molar-refractivity contribution in [2.24, 2.45) is 0 Å². The molecular formula is C14H16FN3O2. The molecule has 6 heteroatoms. The van der Waals surface area contributed by atoms with Crippen molar-refractivity contribution < 1.29 is 14.0 Å². The minimum atomic E-state index is -0.304. The molecular weight excluding hydrogens is 261 g/mol. The second-order valence-corrected chi connectivity index (χ2v) is 4.88. The van der Waals surface area contributed by atoms with Gasteiger partial charge in [0, 0.05) is 12.2 Å². The van der Waals surface area contributed by atoms with Gasteiger partial charge >= 0.3 is 0 Å². The van der Waals surface area contributed by atoms with E-state index in [2.05, 4.69) is 5.59 Å². The maximum Gasteiger partial charge on any atom is 0.251 e. The summed E-state index contributed by atoms with van der Waals surface area (Å²) in [5.41, 5.74) is 3.41. The number of hydrogen-bond acceptors (Lipinski definition) is 4. The first-order chi connectivity index (χ1) is 9.75. The number of rotatable bonds is 2. The lowest BCUT2D eigenvalue weighted by molar-refractivity contribution is -0.126. The van der Waals surface area contributed by atoms with Crippen LogP contribution in [-0.2, 0) is 9.63 Å². The number of anilines is 1. The maximum atomic E-state index is 13.0. The highest BCUT2D eigenvalue weighted by Gasteiger charge is 2.32. The van der Waals surface area contributed by atoms with E-state index in [1.165, 1.54) is 18.4 Å². The van der Waals surface area contributed by atoms with Crippen molar-refractivity contribution in [1.29, 1.82) is 0 Å². The van der Waals surface area contributed by atoms with Gasteiger partial charge in [0.1, 0.15) is 18.1 Å². The summed E-state index contributed by atoms with van der Waals surface area (Å²) in [4.78, 5) is 19.3. The Kier molecular flexibility index (Phi) is 3.56. The number of benzene rings is 1. The largest absolute Gasteiger partial charge is 0.395 e. The lowest BCUT2D eigenvalue weighted by Crippen LogP contribution is -2.48. The molecule has 20 heavy (non-hydrogen) atoms. The minimum absolute atomic E-state index is 0.00300. The van der Waals surface area contributed by atoms with Crippen molar-refractivity contribution in [3.8, 4) is 0 Å². The number of halogens is 1. The average molecular weight is 277 g/mol. The summed E-state index contributed by atoms with van der Waals surface area (Å²) >= 11 is 0. The third-order valence-electron chi connectivity index (χ3n) is 3.58. The van der Waals surface area contributed by atoms with Crippen molar-refractivity contribution in [2.75, 3.05) is 11.4 Å². The molecule has 0 saturated carbocycles. The maximum absolute atomic E-state index is 13.0. The zero-order chi connectivity index (χ0) is 13.9. The molecule has 0 bridgehead atoms. The van der Waals surface area contributed by atoms with Gasteiger partial charge in [0.05, 0.1) is 6.20 Å². The van der Waals surface area contributed by atoms with E-state index in [4.69, 9.17) is 4.84 Å². The highest BCUT2D eigenvalue weighted by Crippen LogP contribution is 2.23. The molecule has 0 spiro atoms. The molecule has 0 aliphatic carbocycles. The molecule has 1 saturated heterocycles. The van der Waals surface area contributed by atoms with Gasteiger partial charge in [-0.05, 0) is 43.5 Å². The number of amides is 1. The van der Waals surface area contributed by atoms with E-state index in [0.29, 0.717) is 6.54 Å².